The highest BCUT2D eigenvalue weighted by Crippen LogP contribution is 2.21. The zero-order valence-corrected chi connectivity index (χ0v) is 18.4. The van der Waals surface area contributed by atoms with E-state index in [1.165, 1.54) is 89.9 Å². The number of carbonyl (C=O) groups is 1. The van der Waals surface area contributed by atoms with Crippen LogP contribution in [0.1, 0.15) is 136 Å². The van der Waals surface area contributed by atoms with Crippen molar-refractivity contribution in [2.45, 2.75) is 136 Å². The number of unbranched alkanes of at least 4 members (excludes halogenated alkanes) is 5. The van der Waals surface area contributed by atoms with E-state index < -0.39 is 0 Å². The van der Waals surface area contributed by atoms with Gasteiger partial charge in [-0.3, -0.25) is 4.79 Å². The van der Waals surface area contributed by atoms with Crippen LogP contribution in [0, 0.1) is 5.92 Å². The van der Waals surface area contributed by atoms with Crippen LogP contribution in [-0.2, 0) is 9.53 Å². The van der Waals surface area contributed by atoms with Crippen LogP contribution in [-0.4, -0.2) is 5.97 Å². The van der Waals surface area contributed by atoms with Gasteiger partial charge >= 0.3 is 5.97 Å². The largest absolute Gasteiger partial charge is 0.431 e. The minimum Gasteiger partial charge on any atom is -0.431 e. The topological polar surface area (TPSA) is 26.3 Å². The molecule has 27 heavy (non-hydrogen) atoms. The molecule has 1 aliphatic rings. The Morgan fingerprint density at radius 3 is 2.07 bits per heavy atom. The van der Waals surface area contributed by atoms with Crippen molar-refractivity contribution in [1.82, 2.24) is 0 Å². The number of rotatable bonds is 8. The number of ether oxygens (including phenoxy) is 1. The third-order valence-corrected chi connectivity index (χ3v) is 5.78. The fraction of sp³-hybridized carbons (Fsp3) is 0.880. The van der Waals surface area contributed by atoms with Gasteiger partial charge in [-0.05, 0) is 31.3 Å². The van der Waals surface area contributed by atoms with Gasteiger partial charge < -0.3 is 4.74 Å². The maximum atomic E-state index is 12.3. The molecule has 158 valence electrons. The fourth-order valence-electron chi connectivity index (χ4n) is 4.00. The molecule has 0 aromatic carbocycles. The Labute approximate surface area is 169 Å². The highest BCUT2D eigenvalue weighted by Gasteiger charge is 2.10. The normalized spacial score (nSPS) is 22.9. The van der Waals surface area contributed by atoms with Crippen LogP contribution >= 0.6 is 0 Å². The summed E-state index contributed by atoms with van der Waals surface area (Å²) in [5.74, 6) is 1.46. The lowest BCUT2D eigenvalue weighted by Crippen LogP contribution is -2.06. The Morgan fingerprint density at radius 1 is 0.852 bits per heavy atom. The van der Waals surface area contributed by atoms with Gasteiger partial charge in [0.25, 0.3) is 0 Å². The zero-order valence-electron chi connectivity index (χ0n) is 18.4. The molecule has 0 aromatic rings. The Morgan fingerprint density at radius 2 is 1.41 bits per heavy atom. The summed E-state index contributed by atoms with van der Waals surface area (Å²) in [7, 11) is 0. The first-order valence-corrected chi connectivity index (χ1v) is 12.1. The molecule has 0 aliphatic heterocycles. The van der Waals surface area contributed by atoms with E-state index in [9.17, 15) is 4.79 Å². The molecule has 2 heteroatoms. The zero-order chi connectivity index (χ0) is 19.6. The van der Waals surface area contributed by atoms with Crippen LogP contribution < -0.4 is 0 Å². The summed E-state index contributed by atoms with van der Waals surface area (Å²) in [6.07, 6.45) is 25.6. The molecule has 0 fully saturated rings. The third kappa shape index (κ3) is 14.9. The molecule has 2 nitrogen and oxygen atoms in total. The molecule has 0 radical (unpaired) electrons. The van der Waals surface area contributed by atoms with Crippen molar-refractivity contribution in [3.05, 3.63) is 11.8 Å². The first-order valence-electron chi connectivity index (χ1n) is 12.1. The molecule has 0 spiro atoms. The molecular formula is C25H46O2. The summed E-state index contributed by atoms with van der Waals surface area (Å²) in [4.78, 5) is 12.3. The van der Waals surface area contributed by atoms with Crippen LogP contribution in [0.4, 0.5) is 0 Å². The van der Waals surface area contributed by atoms with Gasteiger partial charge in [0.15, 0.2) is 0 Å². The predicted molar refractivity (Wildman–Crippen MR) is 117 cm³/mol. The minimum atomic E-state index is -0.0122. The first kappa shape index (κ1) is 24.2. The fourth-order valence-corrected chi connectivity index (χ4v) is 4.00. The third-order valence-electron chi connectivity index (χ3n) is 5.78. The van der Waals surface area contributed by atoms with Crippen molar-refractivity contribution in [3.8, 4) is 0 Å². The molecule has 1 atom stereocenters. The van der Waals surface area contributed by atoms with Gasteiger partial charge in [-0.25, -0.2) is 0 Å². The SMILES string of the molecule is CCCCCCCCC(=O)O/C1=C\C(C)CCCCCCCCCCCC1. The molecule has 1 rings (SSSR count). The average Bonchev–Trinajstić information content (AvgIpc) is 2.65. The lowest BCUT2D eigenvalue weighted by molar-refractivity contribution is -0.139. The number of hydrogen-bond acceptors (Lipinski definition) is 2. The number of carbonyl (C=O) groups excluding carboxylic acids is 1. The van der Waals surface area contributed by atoms with Gasteiger partial charge in [0.05, 0.1) is 0 Å². The summed E-state index contributed by atoms with van der Waals surface area (Å²) < 4.78 is 5.80. The Balaban J connectivity index is 2.39. The van der Waals surface area contributed by atoms with E-state index in [1.54, 1.807) is 0 Å². The molecule has 0 N–H and O–H groups in total. The van der Waals surface area contributed by atoms with E-state index in [0.29, 0.717) is 12.3 Å². The Bertz CT molecular complexity index is 386. The van der Waals surface area contributed by atoms with E-state index >= 15 is 0 Å². The second-order valence-corrected chi connectivity index (χ2v) is 8.68. The molecule has 0 bridgehead atoms. The van der Waals surface area contributed by atoms with Gasteiger partial charge in [0.1, 0.15) is 5.76 Å². The van der Waals surface area contributed by atoms with Crippen molar-refractivity contribution >= 4 is 5.97 Å². The average molecular weight is 379 g/mol. The predicted octanol–water partition coefficient (Wildman–Crippen LogP) is 8.50. The number of esters is 1. The second kappa shape index (κ2) is 17.3. The maximum absolute atomic E-state index is 12.3. The Kier molecular flexibility index (Phi) is 15.6. The molecular weight excluding hydrogens is 332 g/mol. The maximum Gasteiger partial charge on any atom is 0.310 e. The minimum absolute atomic E-state index is 0.0122. The number of allylic oxidation sites excluding steroid dienone is 2. The quantitative estimate of drug-likeness (QED) is 0.312. The van der Waals surface area contributed by atoms with Gasteiger partial charge in [-0.1, -0.05) is 104 Å². The second-order valence-electron chi connectivity index (χ2n) is 8.68. The molecule has 1 aliphatic carbocycles. The van der Waals surface area contributed by atoms with Crippen molar-refractivity contribution < 1.29 is 9.53 Å². The van der Waals surface area contributed by atoms with E-state index in [0.717, 1.165) is 31.4 Å². The molecule has 1 unspecified atom stereocenters. The van der Waals surface area contributed by atoms with E-state index in [-0.39, 0.29) is 5.97 Å². The standard InChI is InChI=1S/C25H46O2/c1-3-4-5-6-15-18-21-25(26)27-24-20-17-14-12-10-8-7-9-11-13-16-19-23(2)22-24/h22-23H,3-21H2,1-2H3/b24-22-. The van der Waals surface area contributed by atoms with Crippen LogP contribution in [0.2, 0.25) is 0 Å². The summed E-state index contributed by atoms with van der Waals surface area (Å²) in [6, 6.07) is 0. The van der Waals surface area contributed by atoms with Crippen molar-refractivity contribution in [2.24, 2.45) is 5.92 Å². The summed E-state index contributed by atoms with van der Waals surface area (Å²) in [6.45, 7) is 4.51. The lowest BCUT2D eigenvalue weighted by atomic mass is 10.0. The van der Waals surface area contributed by atoms with Crippen molar-refractivity contribution in [3.63, 3.8) is 0 Å². The highest BCUT2D eigenvalue weighted by atomic mass is 16.5. The van der Waals surface area contributed by atoms with Gasteiger partial charge in [-0.15, -0.1) is 0 Å². The van der Waals surface area contributed by atoms with Crippen molar-refractivity contribution in [1.29, 1.82) is 0 Å². The molecule has 0 saturated heterocycles. The first-order chi connectivity index (χ1) is 13.2. The van der Waals surface area contributed by atoms with Gasteiger partial charge in [0, 0.05) is 12.8 Å². The van der Waals surface area contributed by atoms with E-state index in [4.69, 9.17) is 4.74 Å². The molecule has 0 amide bonds. The van der Waals surface area contributed by atoms with Crippen molar-refractivity contribution in [2.75, 3.05) is 0 Å². The van der Waals surface area contributed by atoms with E-state index in [2.05, 4.69) is 19.9 Å². The van der Waals surface area contributed by atoms with Crippen LogP contribution in [0.5, 0.6) is 0 Å². The van der Waals surface area contributed by atoms with Gasteiger partial charge in [0.2, 0.25) is 0 Å². The smallest absolute Gasteiger partial charge is 0.310 e. The van der Waals surface area contributed by atoms with Gasteiger partial charge in [-0.2, -0.15) is 0 Å². The Hall–Kier alpha value is -0.790. The summed E-state index contributed by atoms with van der Waals surface area (Å²) >= 11 is 0. The number of hydrogen-bond donors (Lipinski definition) is 0. The van der Waals surface area contributed by atoms with Crippen LogP contribution in [0.15, 0.2) is 11.8 Å². The molecule has 0 heterocycles. The lowest BCUT2D eigenvalue weighted by Gasteiger charge is -2.13. The van der Waals surface area contributed by atoms with E-state index in [1.807, 2.05) is 0 Å². The summed E-state index contributed by atoms with van der Waals surface area (Å²) in [5, 5.41) is 0. The monoisotopic (exact) mass is 378 g/mol. The van der Waals surface area contributed by atoms with Crippen LogP contribution in [0.25, 0.3) is 0 Å². The molecule has 0 aromatic heterocycles. The summed E-state index contributed by atoms with van der Waals surface area (Å²) in [5.41, 5.74) is 0. The highest BCUT2D eigenvalue weighted by molar-refractivity contribution is 5.70. The molecule has 0 saturated carbocycles. The van der Waals surface area contributed by atoms with Crippen LogP contribution in [0.3, 0.4) is 0 Å².